The van der Waals surface area contributed by atoms with Crippen LogP contribution in [0.4, 0.5) is 0 Å². The molecule has 0 aliphatic heterocycles. The molecule has 3 nitrogen and oxygen atoms in total. The second-order valence-electron chi connectivity index (χ2n) is 2.70. The number of nitrogens with two attached hydrogens (primary N) is 1. The van der Waals surface area contributed by atoms with Crippen LogP contribution in [0, 0.1) is 0 Å². The molecule has 0 unspecified atom stereocenters. The van der Waals surface area contributed by atoms with Gasteiger partial charge in [0.25, 0.3) is 0 Å². The van der Waals surface area contributed by atoms with E-state index in [1.54, 1.807) is 13.1 Å². The van der Waals surface area contributed by atoms with Crippen molar-refractivity contribution >= 4 is 6.21 Å². The molecule has 0 radical (unpaired) electrons. The molecule has 3 heteroatoms. The first-order valence-corrected chi connectivity index (χ1v) is 4.25. The van der Waals surface area contributed by atoms with Gasteiger partial charge >= 0.3 is 0 Å². The van der Waals surface area contributed by atoms with Crippen LogP contribution in [-0.2, 0) is 0 Å². The van der Waals surface area contributed by atoms with E-state index in [4.69, 9.17) is 10.8 Å². The summed E-state index contributed by atoms with van der Waals surface area (Å²) in [5.74, 6) is -0.0102. The summed E-state index contributed by atoms with van der Waals surface area (Å²) in [5.41, 5.74) is 6.83. The van der Waals surface area contributed by atoms with Crippen molar-refractivity contribution in [3.05, 3.63) is 48.0 Å². The highest BCUT2D eigenvalue weighted by Gasteiger charge is 1.87. The Morgan fingerprint density at radius 3 is 2.57 bits per heavy atom. The lowest BCUT2D eigenvalue weighted by Gasteiger charge is -1.93. The molecule has 76 valence electrons. The topological polar surface area (TPSA) is 58.6 Å². The fourth-order valence-electron chi connectivity index (χ4n) is 0.789. The predicted octanol–water partition coefficient (Wildman–Crippen LogP) is 2.45. The van der Waals surface area contributed by atoms with Gasteiger partial charge in [-0.2, -0.15) is 0 Å². The first kappa shape index (κ1) is 12.2. The summed E-state index contributed by atoms with van der Waals surface area (Å²) < 4.78 is 0. The smallest absolute Gasteiger partial charge is 0.110 e. The van der Waals surface area contributed by atoms with Gasteiger partial charge in [0.1, 0.15) is 5.76 Å². The zero-order valence-corrected chi connectivity index (χ0v) is 8.57. The van der Waals surface area contributed by atoms with Crippen LogP contribution in [-0.4, -0.2) is 11.3 Å². The monoisotopic (exact) mass is 192 g/mol. The Morgan fingerprint density at radius 2 is 2.14 bits per heavy atom. The van der Waals surface area contributed by atoms with Crippen LogP contribution in [0.5, 0.6) is 0 Å². The highest BCUT2D eigenvalue weighted by Crippen LogP contribution is 2.00. The molecule has 0 bridgehead atoms. The van der Waals surface area contributed by atoms with Crippen LogP contribution in [0.1, 0.15) is 13.8 Å². The molecular formula is C11H16N2O. The van der Waals surface area contributed by atoms with Crippen molar-refractivity contribution in [1.29, 1.82) is 0 Å². The van der Waals surface area contributed by atoms with Crippen molar-refractivity contribution < 1.29 is 5.11 Å². The summed E-state index contributed by atoms with van der Waals surface area (Å²) in [7, 11) is 0. The molecule has 0 aliphatic carbocycles. The van der Waals surface area contributed by atoms with Crippen molar-refractivity contribution in [2.45, 2.75) is 13.8 Å². The van der Waals surface area contributed by atoms with Crippen molar-refractivity contribution in [2.75, 3.05) is 0 Å². The Bertz CT molecular complexity index is 309. The van der Waals surface area contributed by atoms with Crippen molar-refractivity contribution in [2.24, 2.45) is 10.7 Å². The van der Waals surface area contributed by atoms with Gasteiger partial charge in [0.2, 0.25) is 0 Å². The number of allylic oxidation sites excluding steroid dienone is 5. The highest BCUT2D eigenvalue weighted by molar-refractivity contribution is 5.82. The second kappa shape index (κ2) is 6.71. The summed E-state index contributed by atoms with van der Waals surface area (Å²) in [6.07, 6.45) is 8.26. The lowest BCUT2D eigenvalue weighted by Crippen LogP contribution is -1.87. The van der Waals surface area contributed by atoms with Crippen molar-refractivity contribution in [3.63, 3.8) is 0 Å². The third-order valence-corrected chi connectivity index (χ3v) is 1.34. The number of aliphatic imine (C=N–C) groups is 1. The zero-order valence-electron chi connectivity index (χ0n) is 8.57. The second-order valence-corrected chi connectivity index (χ2v) is 2.70. The Balaban J connectivity index is 4.50. The largest absolute Gasteiger partial charge is 0.509 e. The maximum atomic E-state index is 8.85. The van der Waals surface area contributed by atoms with E-state index in [2.05, 4.69) is 11.6 Å². The summed E-state index contributed by atoms with van der Waals surface area (Å²) in [6, 6.07) is 0. The molecule has 0 amide bonds. The third-order valence-electron chi connectivity index (χ3n) is 1.34. The van der Waals surface area contributed by atoms with Gasteiger partial charge < -0.3 is 10.8 Å². The molecule has 0 rings (SSSR count). The van der Waals surface area contributed by atoms with Gasteiger partial charge in [0.15, 0.2) is 0 Å². The molecule has 14 heavy (non-hydrogen) atoms. The van der Waals surface area contributed by atoms with Crippen LogP contribution in [0.3, 0.4) is 0 Å². The van der Waals surface area contributed by atoms with Gasteiger partial charge in [0.05, 0.1) is 0 Å². The van der Waals surface area contributed by atoms with Gasteiger partial charge in [-0.05, 0) is 13.8 Å². The van der Waals surface area contributed by atoms with Crippen LogP contribution in [0.25, 0.3) is 0 Å². The summed E-state index contributed by atoms with van der Waals surface area (Å²) in [6.45, 7) is 6.99. The fraction of sp³-hybridized carbons (Fsp3) is 0.182. The van der Waals surface area contributed by atoms with Gasteiger partial charge in [-0.1, -0.05) is 18.7 Å². The van der Waals surface area contributed by atoms with E-state index in [1.165, 1.54) is 12.3 Å². The summed E-state index contributed by atoms with van der Waals surface area (Å²) in [5, 5.41) is 8.85. The average molecular weight is 192 g/mol. The molecule has 0 saturated carbocycles. The zero-order chi connectivity index (χ0) is 11.0. The Hall–Kier alpha value is -1.77. The summed E-state index contributed by atoms with van der Waals surface area (Å²) >= 11 is 0. The number of aliphatic hydroxyl groups excluding tert-OH is 1. The predicted molar refractivity (Wildman–Crippen MR) is 61.1 cm³/mol. The van der Waals surface area contributed by atoms with Crippen LogP contribution in [0.2, 0.25) is 0 Å². The normalized spacial score (nSPS) is 14.1. The number of hydrogen-bond donors (Lipinski definition) is 2. The number of aliphatic hydroxyl groups is 1. The van der Waals surface area contributed by atoms with Crippen LogP contribution >= 0.6 is 0 Å². The van der Waals surface area contributed by atoms with Gasteiger partial charge in [0, 0.05) is 29.8 Å². The Morgan fingerprint density at radius 1 is 1.50 bits per heavy atom. The number of nitrogens with zero attached hydrogens (tertiary/aromatic N) is 1. The van der Waals surface area contributed by atoms with E-state index < -0.39 is 0 Å². The molecule has 0 fully saturated rings. The van der Waals surface area contributed by atoms with Gasteiger partial charge in [-0.15, -0.1) is 0 Å². The molecule has 0 atom stereocenters. The molecule has 0 saturated heterocycles. The maximum Gasteiger partial charge on any atom is 0.110 e. The Kier molecular flexibility index (Phi) is 5.87. The lowest BCUT2D eigenvalue weighted by molar-refractivity contribution is 0.434. The van der Waals surface area contributed by atoms with Crippen molar-refractivity contribution in [3.8, 4) is 0 Å². The quantitative estimate of drug-likeness (QED) is 0.408. The van der Waals surface area contributed by atoms with E-state index in [1.807, 2.05) is 19.1 Å². The molecule has 3 N–H and O–H groups in total. The SMILES string of the molecule is C=C(O)/C=C(C)/N=C\C(\C=C/C)=C\N. The molecule has 0 aromatic rings. The van der Waals surface area contributed by atoms with E-state index in [9.17, 15) is 0 Å². The molecular weight excluding hydrogens is 176 g/mol. The minimum absolute atomic E-state index is 0.0102. The number of hydrogen-bond acceptors (Lipinski definition) is 3. The lowest BCUT2D eigenvalue weighted by atomic mass is 10.3. The maximum absolute atomic E-state index is 8.85. The van der Waals surface area contributed by atoms with Gasteiger partial charge in [-0.3, -0.25) is 4.99 Å². The molecule has 0 heterocycles. The van der Waals surface area contributed by atoms with Crippen LogP contribution in [0.15, 0.2) is 53.0 Å². The molecule has 0 spiro atoms. The van der Waals surface area contributed by atoms with Crippen molar-refractivity contribution in [1.82, 2.24) is 0 Å². The van der Waals surface area contributed by atoms with E-state index in [-0.39, 0.29) is 5.76 Å². The standard InChI is InChI=1S/C11H16N2O/c1-4-5-11(7-12)8-13-9(2)6-10(3)14/h4-8,14H,3,12H2,1-2H3/b5-4-,9-6+,11-7+,13-8-. The van der Waals surface area contributed by atoms with E-state index >= 15 is 0 Å². The van der Waals surface area contributed by atoms with Gasteiger partial charge in [-0.25, -0.2) is 0 Å². The minimum Gasteiger partial charge on any atom is -0.509 e. The molecule has 0 aromatic heterocycles. The fourth-order valence-corrected chi connectivity index (χ4v) is 0.789. The first-order valence-electron chi connectivity index (χ1n) is 4.25. The van der Waals surface area contributed by atoms with E-state index in [0.717, 1.165) is 5.57 Å². The average Bonchev–Trinajstić information content (AvgIpc) is 2.11. The Labute approximate surface area is 84.7 Å². The first-order chi connectivity index (χ1) is 6.60. The highest BCUT2D eigenvalue weighted by atomic mass is 16.3. The minimum atomic E-state index is -0.0102. The third kappa shape index (κ3) is 5.83. The molecule has 0 aliphatic rings. The van der Waals surface area contributed by atoms with Crippen LogP contribution < -0.4 is 5.73 Å². The van der Waals surface area contributed by atoms with E-state index in [0.29, 0.717) is 5.70 Å². The summed E-state index contributed by atoms with van der Waals surface area (Å²) in [4.78, 5) is 4.07. The number of rotatable bonds is 4. The molecule has 0 aromatic carbocycles.